The fourth-order valence-electron chi connectivity index (χ4n) is 9.87. The number of nitrogens with zero attached hydrogens (tertiary/aromatic N) is 1. The van der Waals surface area contributed by atoms with Crippen molar-refractivity contribution in [1.29, 1.82) is 0 Å². The van der Waals surface area contributed by atoms with Gasteiger partial charge in [0.15, 0.2) is 12.4 Å². The van der Waals surface area contributed by atoms with Gasteiger partial charge in [0.2, 0.25) is 6.54 Å². The van der Waals surface area contributed by atoms with E-state index in [1.54, 1.807) is 153 Å². The van der Waals surface area contributed by atoms with E-state index in [0.717, 1.165) is 27.8 Å². The lowest BCUT2D eigenvalue weighted by Gasteiger charge is -2.18. The summed E-state index contributed by atoms with van der Waals surface area (Å²) in [5.74, 6) is 0.175. The number of pyridine rings is 1. The van der Waals surface area contributed by atoms with Crippen LogP contribution in [0.4, 0.5) is 28.4 Å². The van der Waals surface area contributed by atoms with E-state index in [1.165, 1.54) is 18.2 Å². The fourth-order valence-corrected chi connectivity index (χ4v) is 13.2. The summed E-state index contributed by atoms with van der Waals surface area (Å²) in [4.78, 5) is 45.3. The van der Waals surface area contributed by atoms with Crippen LogP contribution >= 0.6 is 11.8 Å². The van der Waals surface area contributed by atoms with Gasteiger partial charge in [-0.2, -0.15) is 16.3 Å². The number of amides is 3. The van der Waals surface area contributed by atoms with Crippen molar-refractivity contribution in [1.82, 2.24) is 21.6 Å². The molecular weight excluding hydrogens is 1190 g/mol. The van der Waals surface area contributed by atoms with Crippen molar-refractivity contribution in [2.24, 2.45) is 0 Å². The third-order valence-corrected chi connectivity index (χ3v) is 18.3. The van der Waals surface area contributed by atoms with Crippen molar-refractivity contribution in [3.05, 3.63) is 226 Å². The summed E-state index contributed by atoms with van der Waals surface area (Å²) in [5, 5.41) is 35.3. The summed E-state index contributed by atoms with van der Waals surface area (Å²) in [5.41, 5.74) is 24.1. The maximum Gasteiger partial charge on any atom is 0.290 e. The van der Waals surface area contributed by atoms with Gasteiger partial charge >= 0.3 is 0 Å². The average Bonchev–Trinajstić information content (AvgIpc) is 1.84. The topological polar surface area (TPSA) is 302 Å². The molecule has 1 heterocycles. The van der Waals surface area contributed by atoms with Gasteiger partial charge in [0, 0.05) is 72.2 Å². The van der Waals surface area contributed by atoms with Crippen LogP contribution in [0.2, 0.25) is 0 Å². The Hall–Kier alpha value is -8.69. The molecule has 3 amide bonds. The van der Waals surface area contributed by atoms with E-state index >= 15 is 0 Å². The normalized spacial score (nSPS) is 11.8. The number of carbonyl (C=O) groups excluding carboxylic acids is 3. The Morgan fingerprint density at radius 3 is 1.92 bits per heavy atom. The summed E-state index contributed by atoms with van der Waals surface area (Å²) in [6, 6.07) is 44.6. The van der Waals surface area contributed by atoms with Crippen LogP contribution in [0.5, 0.6) is 0 Å². The molecule has 21 nitrogen and oxygen atoms in total. The van der Waals surface area contributed by atoms with E-state index in [1.807, 2.05) is 43.3 Å². The highest BCUT2D eigenvalue weighted by molar-refractivity contribution is 7.99. The van der Waals surface area contributed by atoms with Crippen molar-refractivity contribution >= 4 is 78.0 Å². The van der Waals surface area contributed by atoms with Crippen LogP contribution in [0.15, 0.2) is 180 Å². The predicted octanol–water partition coefficient (Wildman–Crippen LogP) is 7.73. The fraction of sp³-hybridized carbons (Fsp3) is 0.231. The van der Waals surface area contributed by atoms with Crippen LogP contribution in [0, 0.1) is 27.7 Å². The molecule has 0 spiro atoms. The molecule has 1 unspecified atom stereocenters. The van der Waals surface area contributed by atoms with E-state index in [-0.39, 0.29) is 47.8 Å². The highest BCUT2D eigenvalue weighted by atomic mass is 32.2. The third kappa shape index (κ3) is 18.2. The molecule has 0 aliphatic carbocycles. The van der Waals surface area contributed by atoms with Crippen molar-refractivity contribution in [3.8, 4) is 11.1 Å². The zero-order chi connectivity index (χ0) is 63.5. The van der Waals surface area contributed by atoms with Gasteiger partial charge in [-0.3, -0.25) is 39.5 Å². The molecule has 0 fully saturated rings. The number of aromatic nitrogens is 1. The summed E-state index contributed by atoms with van der Waals surface area (Å²) >= 11 is 1.62. The average molecular weight is 1270 g/mol. The van der Waals surface area contributed by atoms with Crippen LogP contribution in [0.1, 0.15) is 71.5 Å². The quantitative estimate of drug-likeness (QED) is 0.00856. The number of hydrogen-bond donors (Lipinski definition) is 12. The molecule has 8 rings (SSSR count). The number of aryl methyl sites for hydroxylation is 2. The molecule has 466 valence electrons. The van der Waals surface area contributed by atoms with Gasteiger partial charge in [-0.1, -0.05) is 72.8 Å². The number of rotatable bonds is 31. The van der Waals surface area contributed by atoms with Gasteiger partial charge in [0.25, 0.3) is 37.8 Å². The Bertz CT molecular complexity index is 4010. The lowest BCUT2D eigenvalue weighted by molar-refractivity contribution is -0.684. The second-order valence-electron chi connectivity index (χ2n) is 20.7. The van der Waals surface area contributed by atoms with Crippen molar-refractivity contribution in [3.63, 3.8) is 0 Å². The number of hydrogen-bond acceptors (Lipinski definition) is 16. The van der Waals surface area contributed by atoms with Gasteiger partial charge < -0.3 is 31.4 Å². The molecule has 1 atom stereocenters. The Kier molecular flexibility index (Phi) is 23.4. The predicted molar refractivity (Wildman–Crippen MR) is 347 cm³/mol. The maximum absolute atomic E-state index is 13.8. The molecule has 0 aliphatic rings. The van der Waals surface area contributed by atoms with Crippen LogP contribution in [0.25, 0.3) is 11.1 Å². The Labute approximate surface area is 522 Å². The molecule has 0 saturated carbocycles. The zero-order valence-electron chi connectivity index (χ0n) is 49.6. The number of anilines is 5. The molecule has 1 aromatic heterocycles. The van der Waals surface area contributed by atoms with Crippen LogP contribution in [0.3, 0.4) is 0 Å². The minimum absolute atomic E-state index is 0.0385. The molecule has 24 heteroatoms. The van der Waals surface area contributed by atoms with Gasteiger partial charge in [0.1, 0.15) is 11.8 Å². The lowest BCUT2D eigenvalue weighted by atomic mass is 9.95. The molecule has 0 saturated heterocycles. The van der Waals surface area contributed by atoms with E-state index in [0.29, 0.717) is 99.1 Å². The first-order valence-electron chi connectivity index (χ1n) is 28.5. The SMILES string of the molecule is Cc1ccc(S(=O)(=O)Nc2ccc(NNC(=O)c3ccccc3CCO)cc2)c(C)c1NC(=O)C[n+]1cccc(C(=O)NCCSCCNOCc2cccc(-c3c(C)ccc(S(=O)(=O)Nc4ccc(NNC(O)c5ccccc5CCO)cc4)c3C)c2)c1. The minimum Gasteiger partial charge on any atom is -0.396 e. The molecule has 7 aromatic carbocycles. The van der Waals surface area contributed by atoms with E-state index in [2.05, 4.69) is 47.3 Å². The smallest absolute Gasteiger partial charge is 0.290 e. The van der Waals surface area contributed by atoms with E-state index < -0.39 is 38.1 Å². The van der Waals surface area contributed by atoms with E-state index in [4.69, 9.17) is 4.84 Å². The number of hydroxylamine groups is 1. The molecule has 0 radical (unpaired) electrons. The maximum atomic E-state index is 13.8. The highest BCUT2D eigenvalue weighted by Gasteiger charge is 2.24. The number of aliphatic hydroxyl groups is 3. The van der Waals surface area contributed by atoms with Crippen LogP contribution in [-0.2, 0) is 55.7 Å². The number of benzene rings is 7. The molecule has 0 bridgehead atoms. The number of hydrazine groups is 2. The Morgan fingerprint density at radius 1 is 0.618 bits per heavy atom. The first-order chi connectivity index (χ1) is 42.8. The Morgan fingerprint density at radius 2 is 1.22 bits per heavy atom. The number of aliphatic hydroxyl groups excluding tert-OH is 3. The highest BCUT2D eigenvalue weighted by Crippen LogP contribution is 2.34. The second-order valence-corrected chi connectivity index (χ2v) is 25.3. The number of sulfonamides is 2. The zero-order valence-corrected chi connectivity index (χ0v) is 52.0. The second kappa shape index (κ2) is 31.5. The number of carbonyl (C=O) groups is 3. The molecule has 12 N–H and O–H groups in total. The standard InChI is InChI=1S/C65H72N10O11S3/c1-43-18-28-58(88(82,83)73-54-24-20-52(21-25-54)69-71-64(80)56-16-7-5-12-48(56)30-35-76)45(3)61(43)50-14-9-11-47(39-50)42-86-67-33-38-87-37-32-66-63(79)51-15-10-34-75(40-51)41-60(78)68-62-44(2)19-29-59(46(62)4)89(84,85)74-55-26-22-53(23-27-55)70-72-65(81)57-17-8-6-13-49(57)31-36-77/h5-29,34,39-40,64,67,69-71,73-74,76-77,80H,30-33,35-38,41-42H2,1-4H3,(H2-,66,68,72,78,79,81)/p+1. The van der Waals surface area contributed by atoms with Crippen molar-refractivity contribution < 1.29 is 55.9 Å². The third-order valence-electron chi connectivity index (χ3n) is 14.3. The summed E-state index contributed by atoms with van der Waals surface area (Å²) < 4.78 is 61.9. The van der Waals surface area contributed by atoms with Crippen molar-refractivity contribution in [2.45, 2.75) is 69.7 Å². The summed E-state index contributed by atoms with van der Waals surface area (Å²) in [6.45, 7) is 7.96. The largest absolute Gasteiger partial charge is 0.396 e. The molecular formula is C65H73N10O11S3+. The lowest BCUT2D eigenvalue weighted by Crippen LogP contribution is -2.41. The summed E-state index contributed by atoms with van der Waals surface area (Å²) in [7, 11) is -8.13. The number of nitrogens with one attached hydrogen (secondary N) is 9. The van der Waals surface area contributed by atoms with Gasteiger partial charge in [-0.25, -0.2) is 27.7 Å². The molecule has 8 aromatic rings. The summed E-state index contributed by atoms with van der Waals surface area (Å²) in [6.07, 6.45) is 2.90. The van der Waals surface area contributed by atoms with Crippen LogP contribution < -0.4 is 51.8 Å². The first-order valence-corrected chi connectivity index (χ1v) is 32.6. The van der Waals surface area contributed by atoms with Gasteiger partial charge in [-0.05, 0) is 175 Å². The first kappa shape index (κ1) is 66.3. The van der Waals surface area contributed by atoms with Gasteiger partial charge in [0.05, 0.1) is 22.1 Å². The van der Waals surface area contributed by atoms with Crippen LogP contribution in [-0.4, -0.2) is 87.7 Å². The van der Waals surface area contributed by atoms with Gasteiger partial charge in [-0.15, -0.1) is 0 Å². The van der Waals surface area contributed by atoms with Crippen molar-refractivity contribution in [2.75, 3.05) is 63.4 Å². The molecule has 89 heavy (non-hydrogen) atoms. The number of thioether (sulfide) groups is 1. The molecule has 0 aliphatic heterocycles. The Balaban J connectivity index is 0.740. The monoisotopic (exact) mass is 1270 g/mol. The minimum atomic E-state index is -4.13. The van der Waals surface area contributed by atoms with E-state index in [9.17, 15) is 46.5 Å².